The number of hydrogen-bond donors (Lipinski definition) is 1. The number of likely N-dealkylation sites (tertiary alicyclic amines) is 1. The van der Waals surface area contributed by atoms with Crippen LogP contribution < -0.4 is 5.32 Å². The first-order valence-corrected chi connectivity index (χ1v) is 4.99. The van der Waals surface area contributed by atoms with E-state index in [9.17, 15) is 18.0 Å². The molecule has 1 amide bonds. The van der Waals surface area contributed by atoms with Crippen LogP contribution in [-0.2, 0) is 4.79 Å². The van der Waals surface area contributed by atoms with Gasteiger partial charge in [-0.05, 0) is 19.3 Å². The van der Waals surface area contributed by atoms with E-state index in [4.69, 9.17) is 0 Å². The fraction of sp³-hybridized carbons (Fsp3) is 0.889. The molecule has 88 valence electrons. The first-order chi connectivity index (χ1) is 6.90. The van der Waals surface area contributed by atoms with Crippen molar-refractivity contribution in [2.24, 2.45) is 0 Å². The van der Waals surface area contributed by atoms with Crippen molar-refractivity contribution in [2.75, 3.05) is 13.1 Å². The van der Waals surface area contributed by atoms with Gasteiger partial charge in [-0.1, -0.05) is 0 Å². The number of carbonyl (C=O) groups excluding carboxylic acids is 1. The van der Waals surface area contributed by atoms with Crippen molar-refractivity contribution >= 4 is 5.91 Å². The number of rotatable bonds is 2. The van der Waals surface area contributed by atoms with Gasteiger partial charge >= 0.3 is 6.30 Å². The lowest BCUT2D eigenvalue weighted by molar-refractivity contribution is -0.161. The van der Waals surface area contributed by atoms with Crippen LogP contribution in [0.25, 0.3) is 0 Å². The molecule has 0 bridgehead atoms. The van der Waals surface area contributed by atoms with E-state index >= 15 is 0 Å². The van der Waals surface area contributed by atoms with Crippen LogP contribution in [-0.4, -0.2) is 36.2 Å². The highest BCUT2D eigenvalue weighted by molar-refractivity contribution is 5.73. The van der Waals surface area contributed by atoms with E-state index in [2.05, 4.69) is 0 Å². The molecule has 15 heavy (non-hydrogen) atoms. The third-order valence-electron chi connectivity index (χ3n) is 2.57. The van der Waals surface area contributed by atoms with Gasteiger partial charge in [-0.3, -0.25) is 4.79 Å². The summed E-state index contributed by atoms with van der Waals surface area (Å²) in [5.41, 5.74) is 0. The molecule has 0 aliphatic carbocycles. The zero-order valence-corrected chi connectivity index (χ0v) is 8.60. The highest BCUT2D eigenvalue weighted by atomic mass is 19.4. The molecule has 0 aromatic carbocycles. The van der Waals surface area contributed by atoms with Gasteiger partial charge in [0.2, 0.25) is 5.91 Å². The van der Waals surface area contributed by atoms with E-state index in [0.29, 0.717) is 13.0 Å². The van der Waals surface area contributed by atoms with Gasteiger partial charge in [0.1, 0.15) is 0 Å². The maximum absolute atomic E-state index is 11.9. The van der Waals surface area contributed by atoms with E-state index in [1.54, 1.807) is 0 Å². The number of alkyl halides is 3. The molecule has 6 heteroatoms. The summed E-state index contributed by atoms with van der Waals surface area (Å²) in [5, 5.41) is 1.48. The van der Waals surface area contributed by atoms with Crippen molar-refractivity contribution in [1.29, 1.82) is 0 Å². The molecule has 1 rings (SSSR count). The molecule has 1 saturated heterocycles. The summed E-state index contributed by atoms with van der Waals surface area (Å²) in [5.74, 6) is -0.149. The standard InChI is InChI=1S/C9H15F3N2O/c1-7(15)14-5-3-2-4-8(14)6-13-9(10,11)12/h8,13H,2-6H2,1H3/t8-/m1/s1. The molecule has 0 saturated carbocycles. The highest BCUT2D eigenvalue weighted by Gasteiger charge is 2.31. The second kappa shape index (κ2) is 4.83. The largest absolute Gasteiger partial charge is 0.457 e. The van der Waals surface area contributed by atoms with Gasteiger partial charge in [0.05, 0.1) is 0 Å². The van der Waals surface area contributed by atoms with Gasteiger partial charge in [-0.2, -0.15) is 13.2 Å². The number of nitrogens with one attached hydrogen (secondary N) is 1. The molecule has 1 heterocycles. The second-order valence-electron chi connectivity index (χ2n) is 3.74. The smallest absolute Gasteiger partial charge is 0.339 e. The Labute approximate surface area is 86.6 Å². The minimum Gasteiger partial charge on any atom is -0.339 e. The van der Waals surface area contributed by atoms with Crippen LogP contribution in [0.3, 0.4) is 0 Å². The van der Waals surface area contributed by atoms with Crippen LogP contribution in [0.2, 0.25) is 0 Å². The number of hydrogen-bond acceptors (Lipinski definition) is 2. The summed E-state index contributed by atoms with van der Waals surface area (Å²) in [6.45, 7) is 1.76. The fourth-order valence-electron chi connectivity index (χ4n) is 1.86. The Hall–Kier alpha value is -0.780. The average Bonchev–Trinajstić information content (AvgIpc) is 2.14. The summed E-state index contributed by atoms with van der Waals surface area (Å²) in [6, 6.07) is -0.321. The number of carbonyl (C=O) groups is 1. The van der Waals surface area contributed by atoms with Crippen LogP contribution in [0.5, 0.6) is 0 Å². The molecule has 0 spiro atoms. The summed E-state index contributed by atoms with van der Waals surface area (Å²) in [7, 11) is 0. The Bertz CT molecular complexity index is 230. The zero-order chi connectivity index (χ0) is 11.5. The van der Waals surface area contributed by atoms with Crippen molar-refractivity contribution < 1.29 is 18.0 Å². The second-order valence-corrected chi connectivity index (χ2v) is 3.74. The van der Waals surface area contributed by atoms with Gasteiger partial charge in [-0.25, -0.2) is 5.32 Å². The molecular weight excluding hydrogens is 209 g/mol. The predicted octanol–water partition coefficient (Wildman–Crippen LogP) is 1.50. The summed E-state index contributed by atoms with van der Waals surface area (Å²) in [4.78, 5) is 12.7. The monoisotopic (exact) mass is 224 g/mol. The van der Waals surface area contributed by atoms with Gasteiger partial charge in [0, 0.05) is 26.1 Å². The summed E-state index contributed by atoms with van der Waals surface area (Å²) < 4.78 is 35.8. The van der Waals surface area contributed by atoms with Gasteiger partial charge in [0.25, 0.3) is 0 Å². The van der Waals surface area contributed by atoms with Crippen molar-refractivity contribution in [3.63, 3.8) is 0 Å². The van der Waals surface area contributed by atoms with E-state index in [1.165, 1.54) is 17.1 Å². The molecule has 1 aliphatic rings. The van der Waals surface area contributed by atoms with Gasteiger partial charge in [0.15, 0.2) is 0 Å². The third-order valence-corrected chi connectivity index (χ3v) is 2.57. The predicted molar refractivity (Wildman–Crippen MR) is 49.1 cm³/mol. The number of halogens is 3. The third kappa shape index (κ3) is 4.07. The van der Waals surface area contributed by atoms with Crippen molar-refractivity contribution in [1.82, 2.24) is 10.2 Å². The van der Waals surface area contributed by atoms with E-state index < -0.39 is 6.30 Å². The lowest BCUT2D eigenvalue weighted by atomic mass is 10.0. The fourth-order valence-corrected chi connectivity index (χ4v) is 1.86. The molecule has 1 fully saturated rings. The molecule has 1 N–H and O–H groups in total. The minimum atomic E-state index is -4.36. The minimum absolute atomic E-state index is 0.149. The first kappa shape index (κ1) is 12.3. The summed E-state index contributed by atoms with van der Waals surface area (Å²) in [6.07, 6.45) is -1.96. The maximum atomic E-state index is 11.9. The summed E-state index contributed by atoms with van der Waals surface area (Å²) >= 11 is 0. The Morgan fingerprint density at radius 2 is 2.13 bits per heavy atom. The van der Waals surface area contributed by atoms with Crippen molar-refractivity contribution in [3.05, 3.63) is 0 Å². The molecule has 1 atom stereocenters. The van der Waals surface area contributed by atoms with E-state index in [1.807, 2.05) is 0 Å². The van der Waals surface area contributed by atoms with Crippen LogP contribution in [0.1, 0.15) is 26.2 Å². The number of nitrogens with zero attached hydrogens (tertiary/aromatic N) is 1. The quantitative estimate of drug-likeness (QED) is 0.721. The normalized spacial score (nSPS) is 22.9. The zero-order valence-electron chi connectivity index (χ0n) is 8.60. The van der Waals surface area contributed by atoms with E-state index in [-0.39, 0.29) is 18.5 Å². The Balaban J connectivity index is 2.46. The highest BCUT2D eigenvalue weighted by Crippen LogP contribution is 2.18. The maximum Gasteiger partial charge on any atom is 0.457 e. The van der Waals surface area contributed by atoms with Crippen molar-refractivity contribution in [2.45, 2.75) is 38.5 Å². The molecule has 3 nitrogen and oxygen atoms in total. The topological polar surface area (TPSA) is 32.3 Å². The number of amides is 1. The lowest BCUT2D eigenvalue weighted by Gasteiger charge is -2.35. The molecular formula is C9H15F3N2O. The molecule has 1 aliphatic heterocycles. The molecule has 0 aromatic rings. The van der Waals surface area contributed by atoms with Crippen LogP contribution in [0, 0.1) is 0 Å². The van der Waals surface area contributed by atoms with Crippen LogP contribution in [0.4, 0.5) is 13.2 Å². The van der Waals surface area contributed by atoms with E-state index in [0.717, 1.165) is 12.8 Å². The first-order valence-electron chi connectivity index (χ1n) is 4.99. The van der Waals surface area contributed by atoms with Gasteiger partial charge in [-0.15, -0.1) is 0 Å². The number of piperidine rings is 1. The van der Waals surface area contributed by atoms with Crippen LogP contribution >= 0.6 is 0 Å². The lowest BCUT2D eigenvalue weighted by Crippen LogP contribution is -2.50. The Kier molecular flexibility index (Phi) is 3.96. The van der Waals surface area contributed by atoms with Crippen LogP contribution in [0.15, 0.2) is 0 Å². The molecule has 0 aromatic heterocycles. The SMILES string of the molecule is CC(=O)N1CCCC[C@@H]1CNC(F)(F)F. The Morgan fingerprint density at radius 3 is 2.67 bits per heavy atom. The average molecular weight is 224 g/mol. The molecule has 0 radical (unpaired) electrons. The molecule has 0 unspecified atom stereocenters. The van der Waals surface area contributed by atoms with Crippen molar-refractivity contribution in [3.8, 4) is 0 Å². The Morgan fingerprint density at radius 1 is 1.47 bits per heavy atom. The van der Waals surface area contributed by atoms with Gasteiger partial charge < -0.3 is 4.90 Å².